The zero-order chi connectivity index (χ0) is 18.4. The maximum absolute atomic E-state index is 11.9. The van der Waals surface area contributed by atoms with Crippen LogP contribution in [0.2, 0.25) is 0 Å². The molecule has 0 unspecified atom stereocenters. The number of carboxylic acid groups (broad SMARTS) is 1. The largest absolute Gasteiger partial charge is 0.493 e. The maximum atomic E-state index is 11.9. The summed E-state index contributed by atoms with van der Waals surface area (Å²) in [4.78, 5) is 22.7. The molecular weight excluding hydrogens is 362 g/mol. The van der Waals surface area contributed by atoms with Crippen LogP contribution in [0.15, 0.2) is 28.6 Å². The van der Waals surface area contributed by atoms with Gasteiger partial charge in [0.15, 0.2) is 4.34 Å². The Morgan fingerprint density at radius 3 is 2.52 bits per heavy atom. The van der Waals surface area contributed by atoms with Gasteiger partial charge in [0.25, 0.3) is 0 Å². The van der Waals surface area contributed by atoms with E-state index >= 15 is 0 Å². The normalized spacial score (nSPS) is 11.2. The summed E-state index contributed by atoms with van der Waals surface area (Å²) in [5, 5.41) is 20.0. The van der Waals surface area contributed by atoms with Gasteiger partial charge in [-0.3, -0.25) is 4.79 Å². The predicted molar refractivity (Wildman–Crippen MR) is 97.6 cm³/mol. The van der Waals surface area contributed by atoms with Gasteiger partial charge in [-0.05, 0) is 24.3 Å². The molecule has 0 atom stereocenters. The Bertz CT molecular complexity index is 739. The lowest BCUT2D eigenvalue weighted by Gasteiger charge is -2.15. The molecule has 2 N–H and O–H groups in total. The minimum Gasteiger partial charge on any atom is -0.493 e. The van der Waals surface area contributed by atoms with Gasteiger partial charge < -0.3 is 15.2 Å². The van der Waals surface area contributed by atoms with E-state index in [9.17, 15) is 9.59 Å². The smallest absolute Gasteiger partial charge is 0.335 e. The number of hydrogen-bond acceptors (Lipinski definition) is 7. The molecule has 134 valence electrons. The number of ether oxygens (including phenoxy) is 1. The number of nitrogens with one attached hydrogen (secondary N) is 1. The molecule has 1 amide bonds. The fourth-order valence-electron chi connectivity index (χ4n) is 1.59. The molecule has 2 aromatic rings. The minimum absolute atomic E-state index is 0.103. The van der Waals surface area contributed by atoms with Gasteiger partial charge in [-0.15, -0.1) is 10.2 Å². The number of carboxylic acids is 1. The van der Waals surface area contributed by atoms with Crippen molar-refractivity contribution in [3.63, 3.8) is 0 Å². The van der Waals surface area contributed by atoms with Gasteiger partial charge in [0.1, 0.15) is 5.75 Å². The number of aromatic nitrogens is 2. The van der Waals surface area contributed by atoms with Gasteiger partial charge >= 0.3 is 5.97 Å². The van der Waals surface area contributed by atoms with Gasteiger partial charge in [0, 0.05) is 11.2 Å². The van der Waals surface area contributed by atoms with Crippen LogP contribution in [0.5, 0.6) is 5.75 Å². The van der Waals surface area contributed by atoms with Crippen LogP contribution < -0.4 is 10.1 Å². The van der Waals surface area contributed by atoms with Crippen LogP contribution in [0.1, 0.15) is 31.1 Å². The molecule has 0 fully saturated rings. The Morgan fingerprint density at radius 2 is 1.92 bits per heavy atom. The number of aromatic carboxylic acids is 1. The van der Waals surface area contributed by atoms with E-state index in [1.54, 1.807) is 12.1 Å². The average molecular weight is 381 g/mol. The Hall–Kier alpha value is -2.13. The van der Waals surface area contributed by atoms with Crippen molar-refractivity contribution in [1.29, 1.82) is 0 Å². The number of carbonyl (C=O) groups is 2. The fraction of sp³-hybridized carbons (Fsp3) is 0.375. The van der Waals surface area contributed by atoms with E-state index in [1.807, 2.05) is 20.8 Å². The minimum atomic E-state index is -0.965. The van der Waals surface area contributed by atoms with Crippen LogP contribution in [0, 0.1) is 5.41 Å². The van der Waals surface area contributed by atoms with E-state index in [0.29, 0.717) is 23.2 Å². The number of thioether (sulfide) groups is 1. The molecule has 0 aliphatic rings. The molecule has 0 aliphatic carbocycles. The van der Waals surface area contributed by atoms with Gasteiger partial charge in [-0.25, -0.2) is 4.79 Å². The van der Waals surface area contributed by atoms with Crippen LogP contribution in [0.3, 0.4) is 0 Å². The van der Waals surface area contributed by atoms with Crippen molar-refractivity contribution < 1.29 is 19.4 Å². The van der Waals surface area contributed by atoms with Gasteiger partial charge in [0.2, 0.25) is 11.0 Å². The van der Waals surface area contributed by atoms with E-state index in [0.717, 1.165) is 4.34 Å². The second-order valence-electron chi connectivity index (χ2n) is 6.10. The number of hydrogen-bond donors (Lipinski definition) is 2. The Morgan fingerprint density at radius 1 is 1.24 bits per heavy atom. The number of benzene rings is 1. The molecule has 9 heteroatoms. The average Bonchev–Trinajstić information content (AvgIpc) is 2.98. The standard InChI is InChI=1S/C16H19N3O4S2/c1-16(2,3)13(22)17-14-18-19-15(25-14)24-9-8-23-11-6-4-10(5-7-11)12(20)21/h4-7H,8-9H2,1-3H3,(H,20,21)(H,17,18,22). The topological polar surface area (TPSA) is 101 Å². The maximum Gasteiger partial charge on any atom is 0.335 e. The van der Waals surface area contributed by atoms with Crippen LogP contribution in [0.25, 0.3) is 0 Å². The van der Waals surface area contributed by atoms with E-state index in [1.165, 1.54) is 35.2 Å². The van der Waals surface area contributed by atoms with Crippen molar-refractivity contribution >= 4 is 40.1 Å². The summed E-state index contributed by atoms with van der Waals surface area (Å²) in [6.07, 6.45) is 0. The molecule has 0 radical (unpaired) electrons. The van der Waals surface area contributed by atoms with Gasteiger partial charge in [-0.2, -0.15) is 0 Å². The molecule has 25 heavy (non-hydrogen) atoms. The Balaban J connectivity index is 1.75. The lowest BCUT2D eigenvalue weighted by atomic mass is 9.96. The quantitative estimate of drug-likeness (QED) is 0.430. The number of rotatable bonds is 7. The summed E-state index contributed by atoms with van der Waals surface area (Å²) in [5.74, 6) is 0.199. The first kappa shape index (κ1) is 19.2. The Labute approximate surface area is 153 Å². The second kappa shape index (κ2) is 8.30. The zero-order valence-corrected chi connectivity index (χ0v) is 15.7. The van der Waals surface area contributed by atoms with Gasteiger partial charge in [-0.1, -0.05) is 43.9 Å². The van der Waals surface area contributed by atoms with Crippen molar-refractivity contribution in [3.8, 4) is 5.75 Å². The molecule has 0 saturated carbocycles. The van der Waals surface area contributed by atoms with Crippen molar-refractivity contribution in [2.75, 3.05) is 17.7 Å². The van der Waals surface area contributed by atoms with E-state index in [-0.39, 0.29) is 11.5 Å². The monoisotopic (exact) mass is 381 g/mol. The molecule has 0 aliphatic heterocycles. The van der Waals surface area contributed by atoms with Crippen LogP contribution in [-0.2, 0) is 4.79 Å². The molecule has 0 saturated heterocycles. The van der Waals surface area contributed by atoms with E-state index in [2.05, 4.69) is 15.5 Å². The highest BCUT2D eigenvalue weighted by atomic mass is 32.2. The first-order valence-electron chi connectivity index (χ1n) is 7.49. The highest BCUT2D eigenvalue weighted by molar-refractivity contribution is 8.01. The highest BCUT2D eigenvalue weighted by Gasteiger charge is 2.22. The summed E-state index contributed by atoms with van der Waals surface area (Å²) in [5.41, 5.74) is -0.261. The van der Waals surface area contributed by atoms with Gasteiger partial charge in [0.05, 0.1) is 12.2 Å². The molecule has 1 aromatic carbocycles. The second-order valence-corrected chi connectivity index (χ2v) is 8.42. The van der Waals surface area contributed by atoms with Crippen LogP contribution in [-0.4, -0.2) is 39.5 Å². The van der Waals surface area contributed by atoms with Crippen LogP contribution >= 0.6 is 23.1 Å². The number of nitrogens with zero attached hydrogens (tertiary/aromatic N) is 2. The lowest BCUT2D eigenvalue weighted by Crippen LogP contribution is -2.27. The van der Waals surface area contributed by atoms with Crippen molar-refractivity contribution in [2.45, 2.75) is 25.1 Å². The number of amides is 1. The number of carbonyl (C=O) groups excluding carboxylic acids is 1. The third kappa shape index (κ3) is 6.02. The molecule has 7 nitrogen and oxygen atoms in total. The van der Waals surface area contributed by atoms with Crippen molar-refractivity contribution in [3.05, 3.63) is 29.8 Å². The summed E-state index contributed by atoms with van der Waals surface area (Å²) in [6, 6.07) is 6.25. The summed E-state index contributed by atoms with van der Waals surface area (Å²) in [7, 11) is 0. The molecule has 0 spiro atoms. The Kier molecular flexibility index (Phi) is 6.38. The summed E-state index contributed by atoms with van der Waals surface area (Å²) < 4.78 is 6.30. The third-order valence-corrected chi connectivity index (χ3v) is 4.92. The molecule has 1 heterocycles. The fourth-order valence-corrected chi connectivity index (χ4v) is 3.22. The summed E-state index contributed by atoms with van der Waals surface area (Å²) in [6.45, 7) is 5.94. The predicted octanol–water partition coefficient (Wildman–Crippen LogP) is 3.39. The summed E-state index contributed by atoms with van der Waals surface area (Å²) >= 11 is 2.79. The van der Waals surface area contributed by atoms with Crippen molar-refractivity contribution in [1.82, 2.24) is 10.2 Å². The number of anilines is 1. The molecule has 1 aromatic heterocycles. The molecular formula is C16H19N3O4S2. The zero-order valence-electron chi connectivity index (χ0n) is 14.1. The van der Waals surface area contributed by atoms with Crippen LogP contribution in [0.4, 0.5) is 5.13 Å². The third-order valence-electron chi connectivity index (χ3n) is 2.99. The SMILES string of the molecule is CC(C)(C)C(=O)Nc1nnc(SCCOc2ccc(C(=O)O)cc2)s1. The van der Waals surface area contributed by atoms with E-state index < -0.39 is 11.4 Å². The van der Waals surface area contributed by atoms with E-state index in [4.69, 9.17) is 9.84 Å². The lowest BCUT2D eigenvalue weighted by molar-refractivity contribution is -0.123. The molecule has 2 rings (SSSR count). The first-order chi connectivity index (χ1) is 11.8. The highest BCUT2D eigenvalue weighted by Crippen LogP contribution is 2.27. The van der Waals surface area contributed by atoms with Crippen molar-refractivity contribution in [2.24, 2.45) is 5.41 Å². The first-order valence-corrected chi connectivity index (χ1v) is 9.30. The molecule has 0 bridgehead atoms.